The molecule has 0 amide bonds. The van der Waals surface area contributed by atoms with E-state index in [9.17, 15) is 9.59 Å². The van der Waals surface area contributed by atoms with Crippen molar-refractivity contribution in [1.29, 1.82) is 0 Å². The fraction of sp³-hybridized carbons (Fsp3) is 0.478. The predicted octanol–water partition coefficient (Wildman–Crippen LogP) is 4.43. The van der Waals surface area contributed by atoms with Crippen LogP contribution in [-0.4, -0.2) is 24.3 Å². The molecule has 29 heavy (non-hydrogen) atoms. The number of hydrogen-bond acceptors (Lipinski definition) is 5. The Morgan fingerprint density at radius 3 is 2.59 bits per heavy atom. The van der Waals surface area contributed by atoms with Gasteiger partial charge in [0.15, 0.2) is 0 Å². The summed E-state index contributed by atoms with van der Waals surface area (Å²) in [7, 11) is 1.63. The summed E-state index contributed by atoms with van der Waals surface area (Å²) in [5.74, 6) is 1.06. The zero-order chi connectivity index (χ0) is 20.9. The molecule has 6 nitrogen and oxygen atoms in total. The number of nitrogens with zero attached hydrogens (tertiary/aromatic N) is 1. The highest BCUT2D eigenvalue weighted by atomic mass is 16.5. The van der Waals surface area contributed by atoms with E-state index in [2.05, 4.69) is 13.8 Å². The predicted molar refractivity (Wildman–Crippen MR) is 110 cm³/mol. The summed E-state index contributed by atoms with van der Waals surface area (Å²) in [5, 5.41) is 0. The molecule has 0 bridgehead atoms. The number of carbonyl (C=O) groups excluding carboxylic acids is 1. The molecule has 1 unspecified atom stereocenters. The maximum absolute atomic E-state index is 13.3. The van der Waals surface area contributed by atoms with Gasteiger partial charge in [-0.05, 0) is 56.4 Å². The zero-order valence-corrected chi connectivity index (χ0v) is 17.6. The van der Waals surface area contributed by atoms with E-state index >= 15 is 0 Å². The number of esters is 1. The van der Waals surface area contributed by atoms with Crippen LogP contribution in [0.15, 0.2) is 23.0 Å². The van der Waals surface area contributed by atoms with Gasteiger partial charge in [-0.3, -0.25) is 4.79 Å². The molecule has 1 aromatic carbocycles. The Bertz CT molecular complexity index is 1030. The lowest BCUT2D eigenvalue weighted by Crippen LogP contribution is -2.32. The van der Waals surface area contributed by atoms with Crippen molar-refractivity contribution in [2.75, 3.05) is 13.7 Å². The molecule has 6 heteroatoms. The first kappa shape index (κ1) is 19.6. The average molecular weight is 397 g/mol. The van der Waals surface area contributed by atoms with Gasteiger partial charge in [-0.15, -0.1) is 0 Å². The summed E-state index contributed by atoms with van der Waals surface area (Å²) in [6, 6.07) is 5.67. The Morgan fingerprint density at radius 1 is 1.28 bits per heavy atom. The van der Waals surface area contributed by atoms with Crippen molar-refractivity contribution in [2.45, 2.75) is 52.7 Å². The standard InChI is InChI=1S/C23H27NO5/c1-6-28-23(26)17-10-16-20(24(22(17)25)14-7-8-14)15-11-18(27-5)13(4)9-19(15)29-21(16)12(2)3/h9-12,14,21H,6-8H2,1-5H3. The lowest BCUT2D eigenvalue weighted by molar-refractivity contribution is 0.0522. The minimum Gasteiger partial charge on any atom is -0.496 e. The minimum atomic E-state index is -0.579. The van der Waals surface area contributed by atoms with E-state index in [1.165, 1.54) is 0 Å². The molecule has 1 atom stereocenters. The molecular weight excluding hydrogens is 370 g/mol. The van der Waals surface area contributed by atoms with Gasteiger partial charge in [-0.1, -0.05) is 13.8 Å². The molecule has 1 aromatic heterocycles. The molecule has 154 valence electrons. The van der Waals surface area contributed by atoms with E-state index < -0.39 is 5.97 Å². The fourth-order valence-corrected chi connectivity index (χ4v) is 4.05. The summed E-state index contributed by atoms with van der Waals surface area (Å²) in [4.78, 5) is 25.9. The minimum absolute atomic E-state index is 0.0780. The highest BCUT2D eigenvalue weighted by molar-refractivity contribution is 5.90. The second kappa shape index (κ2) is 7.25. The second-order valence-electron chi connectivity index (χ2n) is 8.09. The molecular formula is C23H27NO5. The van der Waals surface area contributed by atoms with Crippen molar-refractivity contribution in [3.63, 3.8) is 0 Å². The molecule has 0 spiro atoms. The highest BCUT2D eigenvalue weighted by Gasteiger charge is 2.38. The third kappa shape index (κ3) is 3.20. The van der Waals surface area contributed by atoms with Crippen molar-refractivity contribution < 1.29 is 19.0 Å². The molecule has 1 fully saturated rings. The Morgan fingerprint density at radius 2 is 2.00 bits per heavy atom. The molecule has 4 rings (SSSR count). The number of aryl methyl sites for hydroxylation is 1. The fourth-order valence-electron chi connectivity index (χ4n) is 4.05. The third-order valence-electron chi connectivity index (χ3n) is 5.59. The summed E-state index contributed by atoms with van der Waals surface area (Å²) in [6.07, 6.45) is 1.58. The van der Waals surface area contributed by atoms with Crippen LogP contribution in [0.4, 0.5) is 0 Å². The first-order chi connectivity index (χ1) is 13.9. The zero-order valence-electron chi connectivity index (χ0n) is 17.6. The second-order valence-corrected chi connectivity index (χ2v) is 8.09. The molecule has 0 radical (unpaired) electrons. The van der Waals surface area contributed by atoms with Crippen molar-refractivity contribution >= 4 is 5.97 Å². The quantitative estimate of drug-likeness (QED) is 0.698. The van der Waals surface area contributed by atoms with Crippen LogP contribution in [0, 0.1) is 12.8 Å². The highest BCUT2D eigenvalue weighted by Crippen LogP contribution is 2.49. The Kier molecular flexibility index (Phi) is 4.89. The van der Waals surface area contributed by atoms with E-state index in [-0.39, 0.29) is 35.8 Å². The molecule has 2 aromatic rings. The van der Waals surface area contributed by atoms with Gasteiger partial charge >= 0.3 is 5.97 Å². The molecule has 2 aliphatic rings. The number of pyridine rings is 1. The molecule has 1 aliphatic carbocycles. The normalized spacial score (nSPS) is 17.4. The number of aromatic nitrogens is 1. The Labute approximate surface area is 170 Å². The van der Waals surface area contributed by atoms with Crippen LogP contribution in [-0.2, 0) is 4.74 Å². The van der Waals surface area contributed by atoms with Gasteiger partial charge in [-0.25, -0.2) is 4.79 Å². The van der Waals surface area contributed by atoms with Crippen molar-refractivity contribution in [3.8, 4) is 22.8 Å². The summed E-state index contributed by atoms with van der Waals surface area (Å²) >= 11 is 0. The topological polar surface area (TPSA) is 66.8 Å². The molecule has 2 heterocycles. The number of rotatable bonds is 5. The van der Waals surface area contributed by atoms with Gasteiger partial charge in [-0.2, -0.15) is 0 Å². The number of ether oxygens (including phenoxy) is 3. The van der Waals surface area contributed by atoms with Gasteiger partial charge in [0.1, 0.15) is 23.2 Å². The number of carbonyl (C=O) groups is 1. The summed E-state index contributed by atoms with van der Waals surface area (Å²) in [5.41, 5.74) is 3.28. The van der Waals surface area contributed by atoms with Crippen LogP contribution >= 0.6 is 0 Å². The molecule has 0 saturated heterocycles. The van der Waals surface area contributed by atoms with Gasteiger partial charge in [0.05, 0.1) is 19.4 Å². The van der Waals surface area contributed by atoms with Gasteiger partial charge in [0, 0.05) is 17.2 Å². The first-order valence-electron chi connectivity index (χ1n) is 10.2. The molecule has 1 aliphatic heterocycles. The van der Waals surface area contributed by atoms with E-state index in [1.807, 2.05) is 19.1 Å². The average Bonchev–Trinajstić information content (AvgIpc) is 3.51. The molecule has 1 saturated carbocycles. The number of fused-ring (bicyclic) bond motifs is 3. The smallest absolute Gasteiger partial charge is 0.343 e. The van der Waals surface area contributed by atoms with Crippen LogP contribution in [0.3, 0.4) is 0 Å². The van der Waals surface area contributed by atoms with E-state index in [1.54, 1.807) is 24.7 Å². The van der Waals surface area contributed by atoms with Crippen LogP contribution < -0.4 is 15.0 Å². The molecule has 0 N–H and O–H groups in total. The van der Waals surface area contributed by atoms with E-state index in [0.717, 1.165) is 46.7 Å². The lowest BCUT2D eigenvalue weighted by atomic mass is 9.89. The SMILES string of the molecule is CCOC(=O)c1cc2c(n(C3CC3)c1=O)-c1cc(OC)c(C)cc1OC2C(C)C. The van der Waals surface area contributed by atoms with Crippen LogP contribution in [0.2, 0.25) is 0 Å². The van der Waals surface area contributed by atoms with E-state index in [4.69, 9.17) is 14.2 Å². The van der Waals surface area contributed by atoms with Crippen LogP contribution in [0.1, 0.15) is 67.2 Å². The van der Waals surface area contributed by atoms with E-state index in [0.29, 0.717) is 0 Å². The maximum atomic E-state index is 13.3. The third-order valence-corrected chi connectivity index (χ3v) is 5.59. The van der Waals surface area contributed by atoms with Crippen LogP contribution in [0.5, 0.6) is 11.5 Å². The number of methoxy groups -OCH3 is 1. The summed E-state index contributed by atoms with van der Waals surface area (Å²) in [6.45, 7) is 8.09. The Balaban J connectivity index is 2.05. The van der Waals surface area contributed by atoms with Crippen molar-refractivity contribution in [2.24, 2.45) is 5.92 Å². The number of benzene rings is 1. The lowest BCUT2D eigenvalue weighted by Gasteiger charge is -2.33. The number of hydrogen-bond donors (Lipinski definition) is 0. The first-order valence-corrected chi connectivity index (χ1v) is 10.2. The van der Waals surface area contributed by atoms with Crippen molar-refractivity contribution in [1.82, 2.24) is 4.57 Å². The monoisotopic (exact) mass is 397 g/mol. The summed E-state index contributed by atoms with van der Waals surface area (Å²) < 4.78 is 18.8. The van der Waals surface area contributed by atoms with Crippen LogP contribution in [0.25, 0.3) is 11.3 Å². The van der Waals surface area contributed by atoms with Gasteiger partial charge in [0.2, 0.25) is 0 Å². The maximum Gasteiger partial charge on any atom is 0.343 e. The van der Waals surface area contributed by atoms with Gasteiger partial charge in [0.25, 0.3) is 5.56 Å². The largest absolute Gasteiger partial charge is 0.496 e. The Hall–Kier alpha value is -2.76. The van der Waals surface area contributed by atoms with Gasteiger partial charge < -0.3 is 18.8 Å². The van der Waals surface area contributed by atoms with Crippen molar-refractivity contribution in [3.05, 3.63) is 45.2 Å².